The van der Waals surface area contributed by atoms with E-state index in [-0.39, 0.29) is 18.2 Å². The number of benzene rings is 2. The number of hydrogen-bond donors (Lipinski definition) is 1. The van der Waals surface area contributed by atoms with E-state index in [1.807, 2.05) is 31.2 Å². The van der Waals surface area contributed by atoms with Crippen LogP contribution in [0.15, 0.2) is 48.5 Å². The van der Waals surface area contributed by atoms with Crippen LogP contribution in [-0.4, -0.2) is 31.6 Å². The van der Waals surface area contributed by atoms with Crippen LogP contribution in [0.5, 0.6) is 11.5 Å². The number of para-hydroxylation sites is 2. The van der Waals surface area contributed by atoms with Crippen molar-refractivity contribution in [3.63, 3.8) is 0 Å². The lowest BCUT2D eigenvalue weighted by molar-refractivity contribution is -0.121. The first-order chi connectivity index (χ1) is 12.1. The molecule has 0 radical (unpaired) electrons. The molecule has 2 aromatic carbocycles. The Morgan fingerprint density at radius 1 is 1.16 bits per heavy atom. The number of hydrogen-bond acceptors (Lipinski definition) is 5. The lowest BCUT2D eigenvalue weighted by atomic mass is 10.2. The van der Waals surface area contributed by atoms with E-state index in [1.165, 1.54) is 4.90 Å². The van der Waals surface area contributed by atoms with Crippen LogP contribution in [0.3, 0.4) is 0 Å². The van der Waals surface area contributed by atoms with Crippen LogP contribution in [0, 0.1) is 0 Å². The van der Waals surface area contributed by atoms with Gasteiger partial charge in [-0.25, -0.2) is 4.90 Å². The number of carbonyl (C=O) groups excluding carboxylic acids is 2. The highest BCUT2D eigenvalue weighted by atomic mass is 16.5. The van der Waals surface area contributed by atoms with E-state index < -0.39 is 6.04 Å². The molecule has 2 amide bonds. The molecule has 1 aliphatic rings. The zero-order valence-electron chi connectivity index (χ0n) is 14.2. The number of methoxy groups -OCH3 is 1. The fourth-order valence-corrected chi connectivity index (χ4v) is 2.82. The van der Waals surface area contributed by atoms with Gasteiger partial charge in [0.05, 0.1) is 31.5 Å². The van der Waals surface area contributed by atoms with Gasteiger partial charge < -0.3 is 14.8 Å². The van der Waals surface area contributed by atoms with Crippen molar-refractivity contribution in [2.75, 3.05) is 23.9 Å². The topological polar surface area (TPSA) is 67.9 Å². The van der Waals surface area contributed by atoms with E-state index in [2.05, 4.69) is 5.32 Å². The standard InChI is InChI=1S/C19H20N2O4/c1-3-25-17-10-5-4-9-15(17)20-16-12-18(22)21(19(16)23)13-7-6-8-14(11-13)24-2/h4-11,16,20H,3,12H2,1-2H3/t16-/m0/s1. The van der Waals surface area contributed by atoms with Gasteiger partial charge in [0.15, 0.2) is 0 Å². The van der Waals surface area contributed by atoms with E-state index >= 15 is 0 Å². The Morgan fingerprint density at radius 2 is 1.96 bits per heavy atom. The van der Waals surface area contributed by atoms with Gasteiger partial charge in [-0.3, -0.25) is 9.59 Å². The SMILES string of the molecule is CCOc1ccccc1N[C@H]1CC(=O)N(c2cccc(OC)c2)C1=O. The Balaban J connectivity index is 1.82. The third-order valence-corrected chi connectivity index (χ3v) is 3.97. The predicted octanol–water partition coefficient (Wildman–Crippen LogP) is 2.84. The molecule has 1 saturated heterocycles. The van der Waals surface area contributed by atoms with E-state index in [0.717, 1.165) is 0 Å². The first-order valence-corrected chi connectivity index (χ1v) is 8.13. The summed E-state index contributed by atoms with van der Waals surface area (Å²) in [6.07, 6.45) is 0.0938. The van der Waals surface area contributed by atoms with E-state index in [4.69, 9.17) is 9.47 Å². The lowest BCUT2D eigenvalue weighted by Gasteiger charge is -2.18. The summed E-state index contributed by atoms with van der Waals surface area (Å²) in [4.78, 5) is 26.3. The summed E-state index contributed by atoms with van der Waals surface area (Å²) in [5, 5.41) is 3.13. The largest absolute Gasteiger partial charge is 0.497 e. The summed E-state index contributed by atoms with van der Waals surface area (Å²) < 4.78 is 10.7. The lowest BCUT2D eigenvalue weighted by Crippen LogP contribution is -2.34. The van der Waals surface area contributed by atoms with Gasteiger partial charge in [-0.15, -0.1) is 0 Å². The molecule has 0 spiro atoms. The maximum Gasteiger partial charge on any atom is 0.256 e. The third kappa shape index (κ3) is 3.42. The van der Waals surface area contributed by atoms with Crippen molar-refractivity contribution in [2.45, 2.75) is 19.4 Å². The Bertz CT molecular complexity index is 790. The number of nitrogens with zero attached hydrogens (tertiary/aromatic N) is 1. The minimum atomic E-state index is -0.625. The first-order valence-electron chi connectivity index (χ1n) is 8.13. The van der Waals surface area contributed by atoms with Crippen molar-refractivity contribution in [3.05, 3.63) is 48.5 Å². The highest BCUT2D eigenvalue weighted by Crippen LogP contribution is 2.30. The van der Waals surface area contributed by atoms with Crippen LogP contribution in [0.4, 0.5) is 11.4 Å². The molecule has 1 fully saturated rings. The second-order valence-electron chi connectivity index (χ2n) is 5.60. The number of anilines is 2. The van der Waals surface area contributed by atoms with Crippen molar-refractivity contribution >= 4 is 23.2 Å². The van der Waals surface area contributed by atoms with Crippen LogP contribution in [0.2, 0.25) is 0 Å². The molecule has 1 heterocycles. The minimum absolute atomic E-state index is 0.0938. The summed E-state index contributed by atoms with van der Waals surface area (Å²) in [7, 11) is 1.54. The molecule has 2 aromatic rings. The molecular formula is C19H20N2O4. The zero-order valence-corrected chi connectivity index (χ0v) is 14.2. The van der Waals surface area contributed by atoms with Gasteiger partial charge in [-0.05, 0) is 31.2 Å². The second kappa shape index (κ2) is 7.25. The maximum atomic E-state index is 12.8. The molecule has 3 rings (SSSR count). The molecular weight excluding hydrogens is 320 g/mol. The summed E-state index contributed by atoms with van der Waals surface area (Å²) >= 11 is 0. The van der Waals surface area contributed by atoms with Crippen LogP contribution >= 0.6 is 0 Å². The fourth-order valence-electron chi connectivity index (χ4n) is 2.82. The molecule has 0 aromatic heterocycles. The Labute approximate surface area is 146 Å². The monoisotopic (exact) mass is 340 g/mol. The summed E-state index contributed by atoms with van der Waals surface area (Å²) in [5.74, 6) is 0.718. The number of nitrogens with one attached hydrogen (secondary N) is 1. The number of rotatable bonds is 6. The van der Waals surface area contributed by atoms with Gasteiger partial charge in [0, 0.05) is 6.07 Å². The highest BCUT2D eigenvalue weighted by Gasteiger charge is 2.40. The Morgan fingerprint density at radius 3 is 2.72 bits per heavy atom. The number of ether oxygens (including phenoxy) is 2. The van der Waals surface area contributed by atoms with Crippen LogP contribution < -0.4 is 19.7 Å². The van der Waals surface area contributed by atoms with Crippen molar-refractivity contribution in [3.8, 4) is 11.5 Å². The predicted molar refractivity (Wildman–Crippen MR) is 95.1 cm³/mol. The summed E-state index contributed by atoms with van der Waals surface area (Å²) in [6.45, 7) is 2.41. The first kappa shape index (κ1) is 16.8. The molecule has 25 heavy (non-hydrogen) atoms. The molecule has 0 saturated carbocycles. The van der Waals surface area contributed by atoms with Gasteiger partial charge in [-0.1, -0.05) is 18.2 Å². The smallest absolute Gasteiger partial charge is 0.256 e. The van der Waals surface area contributed by atoms with Crippen molar-refractivity contribution < 1.29 is 19.1 Å². The molecule has 0 bridgehead atoms. The van der Waals surface area contributed by atoms with Gasteiger partial charge in [0.25, 0.3) is 5.91 Å². The third-order valence-electron chi connectivity index (χ3n) is 3.97. The molecule has 6 heteroatoms. The minimum Gasteiger partial charge on any atom is -0.497 e. The summed E-state index contributed by atoms with van der Waals surface area (Å²) in [6, 6.07) is 13.7. The number of amides is 2. The number of imide groups is 1. The average Bonchev–Trinajstić information content (AvgIpc) is 2.90. The van der Waals surface area contributed by atoms with Crippen LogP contribution in [0.1, 0.15) is 13.3 Å². The Kier molecular flexibility index (Phi) is 4.88. The molecule has 0 aliphatic carbocycles. The van der Waals surface area contributed by atoms with Gasteiger partial charge in [0.2, 0.25) is 5.91 Å². The average molecular weight is 340 g/mol. The zero-order chi connectivity index (χ0) is 17.8. The molecule has 1 N–H and O–H groups in total. The summed E-state index contributed by atoms with van der Waals surface area (Å²) in [5.41, 5.74) is 1.21. The quantitative estimate of drug-likeness (QED) is 0.819. The Hall–Kier alpha value is -3.02. The molecule has 6 nitrogen and oxygen atoms in total. The normalized spacial score (nSPS) is 16.9. The molecule has 1 aliphatic heterocycles. The van der Waals surface area contributed by atoms with Crippen LogP contribution in [0.25, 0.3) is 0 Å². The fraction of sp³-hybridized carbons (Fsp3) is 0.263. The molecule has 0 unspecified atom stereocenters. The molecule has 130 valence electrons. The van der Waals surface area contributed by atoms with Crippen molar-refractivity contribution in [2.24, 2.45) is 0 Å². The van der Waals surface area contributed by atoms with Crippen molar-refractivity contribution in [1.82, 2.24) is 0 Å². The van der Waals surface area contributed by atoms with E-state index in [0.29, 0.717) is 29.5 Å². The van der Waals surface area contributed by atoms with E-state index in [1.54, 1.807) is 31.4 Å². The maximum absolute atomic E-state index is 12.8. The number of carbonyl (C=O) groups is 2. The second-order valence-corrected chi connectivity index (χ2v) is 5.60. The molecule has 1 atom stereocenters. The van der Waals surface area contributed by atoms with Gasteiger partial charge in [-0.2, -0.15) is 0 Å². The van der Waals surface area contributed by atoms with E-state index in [9.17, 15) is 9.59 Å². The van der Waals surface area contributed by atoms with Crippen molar-refractivity contribution in [1.29, 1.82) is 0 Å². The van der Waals surface area contributed by atoms with Gasteiger partial charge >= 0.3 is 0 Å². The highest BCUT2D eigenvalue weighted by molar-refractivity contribution is 6.23. The van der Waals surface area contributed by atoms with Crippen LogP contribution in [-0.2, 0) is 9.59 Å². The van der Waals surface area contributed by atoms with Gasteiger partial charge in [0.1, 0.15) is 17.5 Å².